The van der Waals surface area contributed by atoms with Gasteiger partial charge in [0.05, 0.1) is 6.61 Å². The van der Waals surface area contributed by atoms with Crippen LogP contribution in [0.15, 0.2) is 36.4 Å². The molecule has 1 amide bonds. The highest BCUT2D eigenvalue weighted by atomic mass is 16.5. The minimum absolute atomic E-state index is 0.0693. The summed E-state index contributed by atoms with van der Waals surface area (Å²) < 4.78 is 5.46. The number of aromatic nitrogens is 2. The van der Waals surface area contributed by atoms with Gasteiger partial charge in [0, 0.05) is 44.3 Å². The average Bonchev–Trinajstić information content (AvgIpc) is 2.84. The SMILES string of the molecule is CCOc1ccc(C(=O)N2CCN(c3ccc(N4CCCCC4CC)nn3)CC2)cc1. The molecule has 1 atom stereocenters. The number of carbonyl (C=O) groups excluding carboxylic acids is 1. The van der Waals surface area contributed by atoms with E-state index in [0.717, 1.165) is 43.4 Å². The van der Waals surface area contributed by atoms with E-state index in [1.165, 1.54) is 19.3 Å². The Kier molecular flexibility index (Phi) is 6.89. The van der Waals surface area contributed by atoms with Crippen LogP contribution in [-0.4, -0.2) is 66.4 Å². The fourth-order valence-corrected chi connectivity index (χ4v) is 4.55. The molecule has 3 heterocycles. The minimum atomic E-state index is 0.0693. The number of amides is 1. The molecule has 1 unspecified atom stereocenters. The molecule has 2 fully saturated rings. The first kappa shape index (κ1) is 21.4. The lowest BCUT2D eigenvalue weighted by Crippen LogP contribution is -2.49. The third-order valence-electron chi connectivity index (χ3n) is 6.33. The van der Waals surface area contributed by atoms with Crippen LogP contribution in [0.4, 0.5) is 11.6 Å². The maximum Gasteiger partial charge on any atom is 0.253 e. The van der Waals surface area contributed by atoms with Gasteiger partial charge in [0.1, 0.15) is 5.75 Å². The van der Waals surface area contributed by atoms with Crippen LogP contribution in [0.3, 0.4) is 0 Å². The van der Waals surface area contributed by atoms with Crippen molar-refractivity contribution in [3.8, 4) is 5.75 Å². The summed E-state index contributed by atoms with van der Waals surface area (Å²) in [5.74, 6) is 2.74. The van der Waals surface area contributed by atoms with E-state index >= 15 is 0 Å². The van der Waals surface area contributed by atoms with Crippen molar-refractivity contribution in [2.45, 2.75) is 45.6 Å². The highest BCUT2D eigenvalue weighted by Crippen LogP contribution is 2.25. The van der Waals surface area contributed by atoms with Crippen LogP contribution in [0, 0.1) is 0 Å². The van der Waals surface area contributed by atoms with Crippen LogP contribution in [0.1, 0.15) is 49.9 Å². The maximum absolute atomic E-state index is 12.8. The number of rotatable bonds is 6. The Morgan fingerprint density at radius 2 is 1.65 bits per heavy atom. The molecule has 1 aromatic heterocycles. The molecular weight excluding hydrogens is 390 g/mol. The van der Waals surface area contributed by atoms with Crippen molar-refractivity contribution < 1.29 is 9.53 Å². The van der Waals surface area contributed by atoms with E-state index in [0.29, 0.717) is 31.3 Å². The first-order chi connectivity index (χ1) is 15.2. The summed E-state index contributed by atoms with van der Waals surface area (Å²) in [6.45, 7) is 8.77. The van der Waals surface area contributed by atoms with E-state index in [2.05, 4.69) is 39.1 Å². The number of hydrogen-bond donors (Lipinski definition) is 0. The van der Waals surface area contributed by atoms with Crippen LogP contribution in [0.2, 0.25) is 0 Å². The summed E-state index contributed by atoms with van der Waals surface area (Å²) in [4.78, 5) is 19.4. The third kappa shape index (κ3) is 4.92. The molecule has 2 aromatic rings. The van der Waals surface area contributed by atoms with E-state index in [-0.39, 0.29) is 5.91 Å². The Hall–Kier alpha value is -2.83. The van der Waals surface area contributed by atoms with Gasteiger partial charge < -0.3 is 19.4 Å². The number of ether oxygens (including phenoxy) is 1. The molecule has 0 saturated carbocycles. The molecule has 0 radical (unpaired) electrons. The first-order valence-electron chi connectivity index (χ1n) is 11.6. The lowest BCUT2D eigenvalue weighted by molar-refractivity contribution is 0.0746. The highest BCUT2D eigenvalue weighted by Gasteiger charge is 2.25. The molecule has 2 aliphatic heterocycles. The largest absolute Gasteiger partial charge is 0.494 e. The Bertz CT molecular complexity index is 847. The van der Waals surface area contributed by atoms with Crippen molar-refractivity contribution >= 4 is 17.5 Å². The second kappa shape index (κ2) is 9.98. The Morgan fingerprint density at radius 3 is 2.29 bits per heavy atom. The fourth-order valence-electron chi connectivity index (χ4n) is 4.55. The molecule has 7 heteroatoms. The lowest BCUT2D eigenvalue weighted by atomic mass is 10.0. The van der Waals surface area contributed by atoms with E-state index in [1.54, 1.807) is 0 Å². The van der Waals surface area contributed by atoms with Gasteiger partial charge in [0.15, 0.2) is 11.6 Å². The number of piperazine rings is 1. The van der Waals surface area contributed by atoms with Gasteiger partial charge in [0.2, 0.25) is 0 Å². The molecule has 0 spiro atoms. The molecule has 0 N–H and O–H groups in total. The monoisotopic (exact) mass is 423 g/mol. The van der Waals surface area contributed by atoms with Gasteiger partial charge in [-0.1, -0.05) is 6.92 Å². The molecule has 31 heavy (non-hydrogen) atoms. The molecule has 2 saturated heterocycles. The van der Waals surface area contributed by atoms with Gasteiger partial charge in [-0.15, -0.1) is 10.2 Å². The summed E-state index contributed by atoms with van der Waals surface area (Å²) in [7, 11) is 0. The molecular formula is C24H33N5O2. The van der Waals surface area contributed by atoms with Gasteiger partial charge in [-0.05, 0) is 69.0 Å². The number of piperidine rings is 1. The van der Waals surface area contributed by atoms with Crippen molar-refractivity contribution in [1.82, 2.24) is 15.1 Å². The van der Waals surface area contributed by atoms with Crippen LogP contribution in [-0.2, 0) is 0 Å². The van der Waals surface area contributed by atoms with E-state index in [4.69, 9.17) is 4.74 Å². The smallest absolute Gasteiger partial charge is 0.253 e. The van der Waals surface area contributed by atoms with Gasteiger partial charge in [-0.3, -0.25) is 4.79 Å². The molecule has 7 nitrogen and oxygen atoms in total. The molecule has 0 bridgehead atoms. The number of anilines is 2. The van der Waals surface area contributed by atoms with Crippen LogP contribution in [0.5, 0.6) is 5.75 Å². The summed E-state index contributed by atoms with van der Waals surface area (Å²) in [6.07, 6.45) is 4.92. The zero-order chi connectivity index (χ0) is 21.6. The van der Waals surface area contributed by atoms with E-state index < -0.39 is 0 Å². The molecule has 166 valence electrons. The average molecular weight is 424 g/mol. The Labute approximate surface area is 185 Å². The van der Waals surface area contributed by atoms with E-state index in [9.17, 15) is 4.79 Å². The third-order valence-corrected chi connectivity index (χ3v) is 6.33. The second-order valence-electron chi connectivity index (χ2n) is 8.24. The summed E-state index contributed by atoms with van der Waals surface area (Å²) in [6, 6.07) is 12.2. The highest BCUT2D eigenvalue weighted by molar-refractivity contribution is 5.94. The van der Waals surface area contributed by atoms with E-state index in [1.807, 2.05) is 36.1 Å². The predicted molar refractivity (Wildman–Crippen MR) is 123 cm³/mol. The number of nitrogens with zero attached hydrogens (tertiary/aromatic N) is 5. The number of hydrogen-bond acceptors (Lipinski definition) is 6. The predicted octanol–water partition coefficient (Wildman–Crippen LogP) is 3.61. The molecule has 4 rings (SSSR count). The molecule has 2 aliphatic rings. The van der Waals surface area contributed by atoms with Gasteiger partial charge in [-0.25, -0.2) is 0 Å². The van der Waals surface area contributed by atoms with Crippen molar-refractivity contribution in [3.63, 3.8) is 0 Å². The number of benzene rings is 1. The van der Waals surface area contributed by atoms with Crippen LogP contribution < -0.4 is 14.5 Å². The van der Waals surface area contributed by atoms with Gasteiger partial charge in [0.25, 0.3) is 5.91 Å². The normalized spacial score (nSPS) is 19.4. The molecule has 0 aliphatic carbocycles. The topological polar surface area (TPSA) is 61.8 Å². The van der Waals surface area contributed by atoms with Crippen LogP contribution >= 0.6 is 0 Å². The minimum Gasteiger partial charge on any atom is -0.494 e. The van der Waals surface area contributed by atoms with Crippen molar-refractivity contribution in [1.29, 1.82) is 0 Å². The Balaban J connectivity index is 1.33. The van der Waals surface area contributed by atoms with Gasteiger partial charge >= 0.3 is 0 Å². The second-order valence-corrected chi connectivity index (χ2v) is 8.24. The van der Waals surface area contributed by atoms with Crippen LogP contribution in [0.25, 0.3) is 0 Å². The fraction of sp³-hybridized carbons (Fsp3) is 0.542. The zero-order valence-electron chi connectivity index (χ0n) is 18.7. The molecule has 1 aromatic carbocycles. The summed E-state index contributed by atoms with van der Waals surface area (Å²) >= 11 is 0. The quantitative estimate of drug-likeness (QED) is 0.707. The van der Waals surface area contributed by atoms with Gasteiger partial charge in [-0.2, -0.15) is 0 Å². The van der Waals surface area contributed by atoms with Crippen molar-refractivity contribution in [3.05, 3.63) is 42.0 Å². The van der Waals surface area contributed by atoms with Crippen molar-refractivity contribution in [2.24, 2.45) is 0 Å². The maximum atomic E-state index is 12.8. The summed E-state index contributed by atoms with van der Waals surface area (Å²) in [5.41, 5.74) is 0.702. The lowest BCUT2D eigenvalue weighted by Gasteiger charge is -2.37. The number of carbonyl (C=O) groups is 1. The zero-order valence-corrected chi connectivity index (χ0v) is 18.7. The van der Waals surface area contributed by atoms with Crippen molar-refractivity contribution in [2.75, 3.05) is 49.1 Å². The summed E-state index contributed by atoms with van der Waals surface area (Å²) in [5, 5.41) is 9.06. The Morgan fingerprint density at radius 1 is 0.935 bits per heavy atom. The standard InChI is InChI=1S/C24H33N5O2/c1-3-20-7-5-6-14-29(20)23-13-12-22(25-26-23)27-15-17-28(18-16-27)24(30)19-8-10-21(11-9-19)31-4-2/h8-13,20H,3-7,14-18H2,1-2H3. The first-order valence-corrected chi connectivity index (χ1v) is 11.6.